The van der Waals surface area contributed by atoms with Gasteiger partial charge in [-0.2, -0.15) is 0 Å². The topological polar surface area (TPSA) is 13.6 Å². The lowest BCUT2D eigenvalue weighted by Crippen LogP contribution is -2.11. The first kappa shape index (κ1) is 18.6. The van der Waals surface area contributed by atoms with Crippen molar-refractivity contribution in [2.45, 2.75) is 53.1 Å². The molecule has 0 saturated carbocycles. The van der Waals surface area contributed by atoms with E-state index in [2.05, 4.69) is 30.5 Å². The Balaban J connectivity index is 2.08. The predicted octanol–water partition coefficient (Wildman–Crippen LogP) is 6.21. The molecule has 128 valence electrons. The van der Waals surface area contributed by atoms with Gasteiger partial charge in [-0.1, -0.05) is 43.7 Å². The fourth-order valence-electron chi connectivity index (χ4n) is 2.75. The number of hydrogen-bond donors (Lipinski definition) is 0. The van der Waals surface area contributed by atoms with Crippen LogP contribution < -0.4 is 4.74 Å². The first-order chi connectivity index (χ1) is 12.0. The van der Waals surface area contributed by atoms with Gasteiger partial charge in [-0.15, -0.1) is 0 Å². The van der Waals surface area contributed by atoms with E-state index in [1.165, 1.54) is 12.8 Å². The lowest BCUT2D eigenvalue weighted by atomic mass is 10.0. The molecule has 2 rings (SSSR count). The Kier molecular flexibility index (Phi) is 6.67. The maximum Gasteiger partial charge on any atom is 0.193 e. The molecule has 0 saturated heterocycles. The van der Waals surface area contributed by atoms with Gasteiger partial charge in [0.1, 0.15) is 5.75 Å². The zero-order valence-corrected chi connectivity index (χ0v) is 15.5. The van der Waals surface area contributed by atoms with E-state index in [1.54, 1.807) is 0 Å². The summed E-state index contributed by atoms with van der Waals surface area (Å²) in [5.74, 6) is 7.26. The van der Waals surface area contributed by atoms with Crippen molar-refractivity contribution in [2.75, 3.05) is 0 Å². The normalized spacial score (nSPS) is 11.2. The highest BCUT2D eigenvalue weighted by Gasteiger charge is 2.04. The minimum atomic E-state index is 0.240. The van der Waals surface area contributed by atoms with Crippen molar-refractivity contribution in [1.82, 2.24) is 0 Å². The standard InChI is InChI=1S/C23H25NO/c1-6-7-8-19(4)25-22-13-11-20(12-14-22)9-10-21-15-17(2)23(24-5)18(3)16-21/h11-16,19H,6-8H2,1-4H3/t19-/m0/s1. The van der Waals surface area contributed by atoms with Crippen LogP contribution in [0.4, 0.5) is 5.69 Å². The summed E-state index contributed by atoms with van der Waals surface area (Å²) in [4.78, 5) is 3.57. The lowest BCUT2D eigenvalue weighted by Gasteiger charge is -2.14. The van der Waals surface area contributed by atoms with Crippen LogP contribution in [0.3, 0.4) is 0 Å². The summed E-state index contributed by atoms with van der Waals surface area (Å²) in [7, 11) is 0. The van der Waals surface area contributed by atoms with E-state index in [1.807, 2.05) is 50.2 Å². The smallest absolute Gasteiger partial charge is 0.193 e. The van der Waals surface area contributed by atoms with E-state index in [-0.39, 0.29) is 6.10 Å². The van der Waals surface area contributed by atoms with Crippen LogP contribution in [0.1, 0.15) is 55.4 Å². The van der Waals surface area contributed by atoms with Gasteiger partial charge in [0.2, 0.25) is 0 Å². The Morgan fingerprint density at radius 2 is 1.64 bits per heavy atom. The highest BCUT2D eigenvalue weighted by Crippen LogP contribution is 2.24. The molecule has 0 unspecified atom stereocenters. The third-order valence-corrected chi connectivity index (χ3v) is 4.11. The van der Waals surface area contributed by atoms with Crippen LogP contribution in [0.5, 0.6) is 5.75 Å². The molecule has 0 bridgehead atoms. The molecular formula is C23H25NO. The van der Waals surface area contributed by atoms with E-state index in [0.29, 0.717) is 0 Å². The molecule has 2 aromatic rings. The maximum atomic E-state index is 7.22. The van der Waals surface area contributed by atoms with E-state index in [4.69, 9.17) is 11.3 Å². The molecule has 0 N–H and O–H groups in total. The van der Waals surface area contributed by atoms with Crippen LogP contribution in [0.2, 0.25) is 0 Å². The zero-order valence-electron chi connectivity index (χ0n) is 15.5. The molecule has 0 aliphatic rings. The van der Waals surface area contributed by atoms with Crippen LogP contribution in [0.15, 0.2) is 36.4 Å². The van der Waals surface area contributed by atoms with Crippen molar-refractivity contribution in [1.29, 1.82) is 0 Å². The summed E-state index contributed by atoms with van der Waals surface area (Å²) in [5, 5.41) is 0. The predicted molar refractivity (Wildman–Crippen MR) is 104 cm³/mol. The minimum Gasteiger partial charge on any atom is -0.491 e. The minimum absolute atomic E-state index is 0.240. The van der Waals surface area contributed by atoms with E-state index in [0.717, 1.165) is 40.1 Å². The molecule has 1 atom stereocenters. The first-order valence-corrected chi connectivity index (χ1v) is 8.81. The van der Waals surface area contributed by atoms with Crippen molar-refractivity contribution in [3.63, 3.8) is 0 Å². The van der Waals surface area contributed by atoms with Crippen molar-refractivity contribution < 1.29 is 4.74 Å². The van der Waals surface area contributed by atoms with E-state index in [9.17, 15) is 0 Å². The fourth-order valence-corrected chi connectivity index (χ4v) is 2.75. The number of nitrogens with zero attached hydrogens (tertiary/aromatic N) is 1. The Labute approximate surface area is 151 Å². The Hall–Kier alpha value is -2.71. The third-order valence-electron chi connectivity index (χ3n) is 4.11. The number of ether oxygens (including phenoxy) is 1. The van der Waals surface area contributed by atoms with Crippen LogP contribution in [0, 0.1) is 32.3 Å². The summed E-state index contributed by atoms with van der Waals surface area (Å²) in [5.41, 5.74) is 4.58. The van der Waals surface area contributed by atoms with Crippen LogP contribution in [-0.4, -0.2) is 6.10 Å². The molecule has 0 radical (unpaired) electrons. The molecule has 0 aliphatic heterocycles. The molecule has 2 heteroatoms. The Morgan fingerprint density at radius 3 is 2.20 bits per heavy atom. The first-order valence-electron chi connectivity index (χ1n) is 8.81. The quantitative estimate of drug-likeness (QED) is 0.469. The van der Waals surface area contributed by atoms with Gasteiger partial charge in [0.25, 0.3) is 0 Å². The van der Waals surface area contributed by atoms with Crippen molar-refractivity contribution in [2.24, 2.45) is 0 Å². The molecule has 0 spiro atoms. The Bertz CT molecular complexity index is 793. The second-order valence-corrected chi connectivity index (χ2v) is 6.42. The largest absolute Gasteiger partial charge is 0.491 e. The van der Waals surface area contributed by atoms with Gasteiger partial charge in [-0.05, 0) is 62.6 Å². The van der Waals surface area contributed by atoms with E-state index >= 15 is 0 Å². The van der Waals surface area contributed by atoms with Crippen LogP contribution in [-0.2, 0) is 0 Å². The van der Waals surface area contributed by atoms with Crippen molar-refractivity contribution in [3.05, 3.63) is 70.1 Å². The van der Waals surface area contributed by atoms with Crippen LogP contribution in [0.25, 0.3) is 4.85 Å². The van der Waals surface area contributed by atoms with Gasteiger partial charge in [0.15, 0.2) is 5.69 Å². The van der Waals surface area contributed by atoms with Gasteiger partial charge < -0.3 is 4.74 Å². The van der Waals surface area contributed by atoms with Crippen LogP contribution >= 0.6 is 0 Å². The zero-order chi connectivity index (χ0) is 18.2. The summed E-state index contributed by atoms with van der Waals surface area (Å²) in [6.45, 7) is 15.4. The monoisotopic (exact) mass is 331 g/mol. The second kappa shape index (κ2) is 8.95. The average molecular weight is 331 g/mol. The van der Waals surface area contributed by atoms with Gasteiger partial charge in [0, 0.05) is 11.1 Å². The molecule has 0 fully saturated rings. The number of benzene rings is 2. The number of rotatable bonds is 5. The third kappa shape index (κ3) is 5.40. The highest BCUT2D eigenvalue weighted by atomic mass is 16.5. The summed E-state index contributed by atoms with van der Waals surface area (Å²) >= 11 is 0. The number of unbranched alkanes of at least 4 members (excludes halogenated alkanes) is 1. The SMILES string of the molecule is [C-]#[N+]c1c(C)cc(C#Cc2ccc(O[C@@H](C)CCCC)cc2)cc1C. The lowest BCUT2D eigenvalue weighted by molar-refractivity contribution is 0.207. The van der Waals surface area contributed by atoms with Gasteiger partial charge >= 0.3 is 0 Å². The molecule has 25 heavy (non-hydrogen) atoms. The molecule has 2 nitrogen and oxygen atoms in total. The summed E-state index contributed by atoms with van der Waals surface area (Å²) in [6.07, 6.45) is 3.70. The van der Waals surface area contributed by atoms with Gasteiger partial charge in [0.05, 0.1) is 12.7 Å². The van der Waals surface area contributed by atoms with Gasteiger partial charge in [-0.25, -0.2) is 4.85 Å². The average Bonchev–Trinajstić information content (AvgIpc) is 2.59. The van der Waals surface area contributed by atoms with E-state index < -0.39 is 0 Å². The molecular weight excluding hydrogens is 306 g/mol. The molecule has 0 aromatic heterocycles. The van der Waals surface area contributed by atoms with Crippen molar-refractivity contribution >= 4 is 5.69 Å². The summed E-state index contributed by atoms with van der Waals surface area (Å²) in [6, 6.07) is 11.9. The molecule has 0 amide bonds. The molecule has 0 heterocycles. The highest BCUT2D eigenvalue weighted by molar-refractivity contribution is 5.61. The fraction of sp³-hybridized carbons (Fsp3) is 0.348. The second-order valence-electron chi connectivity index (χ2n) is 6.42. The maximum absolute atomic E-state index is 7.22. The molecule has 2 aromatic carbocycles. The van der Waals surface area contributed by atoms with Gasteiger partial charge in [-0.3, -0.25) is 0 Å². The Morgan fingerprint density at radius 1 is 1.04 bits per heavy atom. The number of hydrogen-bond acceptors (Lipinski definition) is 1. The van der Waals surface area contributed by atoms with Crippen molar-refractivity contribution in [3.8, 4) is 17.6 Å². The molecule has 0 aliphatic carbocycles. The number of aryl methyl sites for hydroxylation is 2. The summed E-state index contributed by atoms with van der Waals surface area (Å²) < 4.78 is 5.91.